The third-order valence-electron chi connectivity index (χ3n) is 3.16. The summed E-state index contributed by atoms with van der Waals surface area (Å²) in [5.41, 5.74) is 0.876. The second kappa shape index (κ2) is 7.21. The zero-order chi connectivity index (χ0) is 15.2. The molecule has 2 aromatic rings. The van der Waals surface area contributed by atoms with Crippen molar-refractivity contribution in [1.82, 2.24) is 25.5 Å². The molecule has 0 spiro atoms. The Labute approximate surface area is 128 Å². The monoisotopic (exact) mass is 305 g/mol. The highest BCUT2D eigenvalue weighted by Gasteiger charge is 2.14. The number of hydrogen-bond donors (Lipinski definition) is 1. The lowest BCUT2D eigenvalue weighted by molar-refractivity contribution is -0.119. The highest BCUT2D eigenvalue weighted by atomic mass is 32.2. The highest BCUT2D eigenvalue weighted by Crippen LogP contribution is 2.17. The molecule has 1 atom stereocenters. The molecule has 0 saturated heterocycles. The Morgan fingerprint density at radius 1 is 1.29 bits per heavy atom. The van der Waals surface area contributed by atoms with Crippen molar-refractivity contribution in [2.75, 3.05) is 5.75 Å². The van der Waals surface area contributed by atoms with Crippen LogP contribution < -0.4 is 5.32 Å². The molecule has 0 aliphatic carbocycles. The number of carbonyl (C=O) groups is 1. The van der Waals surface area contributed by atoms with Crippen molar-refractivity contribution in [3.05, 3.63) is 30.3 Å². The van der Waals surface area contributed by atoms with E-state index in [-0.39, 0.29) is 11.9 Å². The number of benzene rings is 1. The number of tetrazole rings is 1. The van der Waals surface area contributed by atoms with Gasteiger partial charge in [-0.1, -0.05) is 43.8 Å². The number of thioether (sulfide) groups is 1. The van der Waals surface area contributed by atoms with E-state index in [1.165, 1.54) is 11.8 Å². The van der Waals surface area contributed by atoms with E-state index < -0.39 is 0 Å². The van der Waals surface area contributed by atoms with Gasteiger partial charge in [0.05, 0.1) is 11.4 Å². The minimum absolute atomic E-state index is 0.0104. The van der Waals surface area contributed by atoms with Crippen LogP contribution in [0.2, 0.25) is 0 Å². The Hall–Kier alpha value is -1.89. The van der Waals surface area contributed by atoms with E-state index in [0.717, 1.165) is 5.69 Å². The smallest absolute Gasteiger partial charge is 0.230 e. The van der Waals surface area contributed by atoms with Crippen LogP contribution in [0.1, 0.15) is 20.8 Å². The molecule has 6 nitrogen and oxygen atoms in total. The maximum absolute atomic E-state index is 11.9. The fraction of sp³-hybridized carbons (Fsp3) is 0.429. The predicted octanol–water partition coefficient (Wildman–Crippen LogP) is 1.92. The van der Waals surface area contributed by atoms with Gasteiger partial charge in [0, 0.05) is 6.04 Å². The van der Waals surface area contributed by atoms with Gasteiger partial charge in [-0.15, -0.1) is 5.10 Å². The number of nitrogens with zero attached hydrogens (tertiary/aromatic N) is 4. The van der Waals surface area contributed by atoms with Crippen molar-refractivity contribution in [1.29, 1.82) is 0 Å². The quantitative estimate of drug-likeness (QED) is 0.825. The topological polar surface area (TPSA) is 72.7 Å². The SMILES string of the molecule is CC(C)[C@@H](C)NC(=O)CSc1nnnn1-c1ccccc1. The lowest BCUT2D eigenvalue weighted by Gasteiger charge is -2.17. The first-order valence-corrected chi connectivity index (χ1v) is 7.82. The Kier molecular flexibility index (Phi) is 5.32. The summed E-state index contributed by atoms with van der Waals surface area (Å²) in [6, 6.07) is 9.76. The molecule has 2 rings (SSSR count). The molecular formula is C14H19N5OS. The van der Waals surface area contributed by atoms with Crippen molar-refractivity contribution in [2.45, 2.75) is 32.0 Å². The van der Waals surface area contributed by atoms with Gasteiger partial charge in [0.2, 0.25) is 11.1 Å². The Bertz CT molecular complexity index is 584. The maximum atomic E-state index is 11.9. The van der Waals surface area contributed by atoms with Crippen LogP contribution >= 0.6 is 11.8 Å². The molecule has 7 heteroatoms. The molecule has 1 heterocycles. The van der Waals surface area contributed by atoms with Crippen LogP contribution in [0, 0.1) is 5.92 Å². The van der Waals surface area contributed by atoms with Crippen LogP contribution in [-0.4, -0.2) is 37.9 Å². The van der Waals surface area contributed by atoms with Gasteiger partial charge >= 0.3 is 0 Å². The van der Waals surface area contributed by atoms with E-state index in [1.807, 2.05) is 37.3 Å². The molecule has 0 saturated carbocycles. The highest BCUT2D eigenvalue weighted by molar-refractivity contribution is 7.99. The van der Waals surface area contributed by atoms with Gasteiger partial charge in [-0.3, -0.25) is 4.79 Å². The van der Waals surface area contributed by atoms with Gasteiger partial charge in [0.15, 0.2) is 0 Å². The first-order valence-electron chi connectivity index (χ1n) is 6.84. The number of carbonyl (C=O) groups excluding carboxylic acids is 1. The number of rotatable bonds is 6. The lowest BCUT2D eigenvalue weighted by Crippen LogP contribution is -2.37. The molecule has 0 unspecified atom stereocenters. The van der Waals surface area contributed by atoms with Crippen LogP contribution in [0.3, 0.4) is 0 Å². The number of nitrogens with one attached hydrogen (secondary N) is 1. The van der Waals surface area contributed by atoms with Crippen LogP contribution in [0.4, 0.5) is 0 Å². The zero-order valence-corrected chi connectivity index (χ0v) is 13.2. The summed E-state index contributed by atoms with van der Waals surface area (Å²) in [5.74, 6) is 0.696. The van der Waals surface area contributed by atoms with E-state index in [0.29, 0.717) is 16.8 Å². The van der Waals surface area contributed by atoms with Crippen molar-refractivity contribution in [2.24, 2.45) is 5.92 Å². The molecule has 1 N–H and O–H groups in total. The van der Waals surface area contributed by atoms with E-state index in [1.54, 1.807) is 4.68 Å². The first kappa shape index (κ1) is 15.5. The van der Waals surface area contributed by atoms with Gasteiger partial charge in [0.25, 0.3) is 0 Å². The number of amides is 1. The Morgan fingerprint density at radius 3 is 2.67 bits per heavy atom. The molecule has 0 radical (unpaired) electrons. The number of para-hydroxylation sites is 1. The van der Waals surface area contributed by atoms with Gasteiger partial charge < -0.3 is 5.32 Å². The summed E-state index contributed by atoms with van der Waals surface area (Å²) in [6.07, 6.45) is 0. The second-order valence-corrected chi connectivity index (χ2v) is 6.04. The molecule has 21 heavy (non-hydrogen) atoms. The number of aromatic nitrogens is 4. The van der Waals surface area contributed by atoms with Crippen molar-refractivity contribution < 1.29 is 4.79 Å². The van der Waals surface area contributed by atoms with Crippen LogP contribution in [0.15, 0.2) is 35.5 Å². The first-order chi connectivity index (χ1) is 10.1. The summed E-state index contributed by atoms with van der Waals surface area (Å²) < 4.78 is 1.63. The minimum Gasteiger partial charge on any atom is -0.353 e. The standard InChI is InChI=1S/C14H19N5OS/c1-10(2)11(3)15-13(20)9-21-14-16-17-18-19(14)12-7-5-4-6-8-12/h4-8,10-11H,9H2,1-3H3,(H,15,20)/t11-/m1/s1. The van der Waals surface area contributed by atoms with Gasteiger partial charge in [-0.25, -0.2) is 0 Å². The van der Waals surface area contributed by atoms with Gasteiger partial charge in [-0.2, -0.15) is 4.68 Å². The molecule has 0 aliphatic rings. The molecule has 1 amide bonds. The maximum Gasteiger partial charge on any atom is 0.230 e. The van der Waals surface area contributed by atoms with E-state index >= 15 is 0 Å². The third kappa shape index (κ3) is 4.29. The van der Waals surface area contributed by atoms with E-state index in [2.05, 4.69) is 34.7 Å². The van der Waals surface area contributed by atoms with Crippen molar-refractivity contribution in [3.8, 4) is 5.69 Å². The minimum atomic E-state index is -0.0104. The fourth-order valence-electron chi connectivity index (χ4n) is 1.59. The predicted molar refractivity (Wildman–Crippen MR) is 82.3 cm³/mol. The molecule has 112 valence electrons. The molecule has 0 bridgehead atoms. The molecule has 1 aromatic carbocycles. The molecular weight excluding hydrogens is 286 g/mol. The summed E-state index contributed by atoms with van der Waals surface area (Å²) in [5, 5.41) is 15.2. The summed E-state index contributed by atoms with van der Waals surface area (Å²) in [4.78, 5) is 11.9. The number of hydrogen-bond acceptors (Lipinski definition) is 5. The average molecular weight is 305 g/mol. The summed E-state index contributed by atoms with van der Waals surface area (Å²) >= 11 is 1.33. The Balaban J connectivity index is 1.96. The molecule has 1 aromatic heterocycles. The van der Waals surface area contributed by atoms with Crippen molar-refractivity contribution in [3.63, 3.8) is 0 Å². The summed E-state index contributed by atoms with van der Waals surface area (Å²) in [7, 11) is 0. The van der Waals surface area contributed by atoms with Gasteiger partial charge in [0.1, 0.15) is 0 Å². The van der Waals surface area contributed by atoms with Crippen molar-refractivity contribution >= 4 is 17.7 Å². The fourth-order valence-corrected chi connectivity index (χ4v) is 2.29. The second-order valence-electron chi connectivity index (χ2n) is 5.10. The van der Waals surface area contributed by atoms with E-state index in [9.17, 15) is 4.79 Å². The van der Waals surface area contributed by atoms with Gasteiger partial charge in [-0.05, 0) is 35.4 Å². The Morgan fingerprint density at radius 2 is 2.00 bits per heavy atom. The van der Waals surface area contributed by atoms with Crippen LogP contribution in [0.5, 0.6) is 0 Å². The largest absolute Gasteiger partial charge is 0.353 e. The van der Waals surface area contributed by atoms with Crippen LogP contribution in [-0.2, 0) is 4.79 Å². The third-order valence-corrected chi connectivity index (χ3v) is 4.08. The van der Waals surface area contributed by atoms with Crippen LogP contribution in [0.25, 0.3) is 5.69 Å². The average Bonchev–Trinajstić information content (AvgIpc) is 2.94. The summed E-state index contributed by atoms with van der Waals surface area (Å²) in [6.45, 7) is 6.16. The normalized spacial score (nSPS) is 12.4. The zero-order valence-electron chi connectivity index (χ0n) is 12.4. The lowest BCUT2D eigenvalue weighted by atomic mass is 10.1. The van der Waals surface area contributed by atoms with E-state index in [4.69, 9.17) is 0 Å². The molecule has 0 aliphatic heterocycles. The molecule has 0 fully saturated rings.